The second-order valence-electron chi connectivity index (χ2n) is 5.79. The van der Waals surface area contributed by atoms with E-state index in [0.29, 0.717) is 24.4 Å². The number of hydrogen-bond donors (Lipinski definition) is 1. The van der Waals surface area contributed by atoms with Gasteiger partial charge in [0, 0.05) is 11.6 Å². The number of rotatable bonds is 4. The van der Waals surface area contributed by atoms with E-state index >= 15 is 0 Å². The first-order chi connectivity index (χ1) is 10.4. The molecule has 1 heterocycles. The van der Waals surface area contributed by atoms with Gasteiger partial charge in [-0.1, -0.05) is 50.3 Å². The van der Waals surface area contributed by atoms with Gasteiger partial charge in [-0.25, -0.2) is 0 Å². The molecule has 1 aliphatic rings. The van der Waals surface area contributed by atoms with Crippen LogP contribution in [0.15, 0.2) is 34.7 Å². The second-order valence-corrected chi connectivity index (χ2v) is 5.79. The molecule has 1 aromatic carbocycles. The summed E-state index contributed by atoms with van der Waals surface area (Å²) in [5, 5.41) is 11.8. The minimum Gasteiger partial charge on any atom is -0.419 e. The van der Waals surface area contributed by atoms with Gasteiger partial charge in [-0.3, -0.25) is 0 Å². The normalized spacial score (nSPS) is 17.3. The van der Waals surface area contributed by atoms with E-state index in [1.165, 1.54) is 44.9 Å². The van der Waals surface area contributed by atoms with Gasteiger partial charge in [-0.2, -0.15) is 0 Å². The van der Waals surface area contributed by atoms with Crippen LogP contribution in [0.4, 0.5) is 0 Å². The Kier molecular flexibility index (Phi) is 5.00. The van der Waals surface area contributed by atoms with Crippen LogP contribution < -0.4 is 5.32 Å². The Hall–Kier alpha value is -1.68. The van der Waals surface area contributed by atoms with Gasteiger partial charge in [0.25, 0.3) is 0 Å². The van der Waals surface area contributed by atoms with Crippen LogP contribution in [-0.4, -0.2) is 16.2 Å². The van der Waals surface area contributed by atoms with Crippen LogP contribution in [-0.2, 0) is 6.54 Å². The molecule has 4 nitrogen and oxygen atoms in total. The van der Waals surface area contributed by atoms with E-state index < -0.39 is 0 Å². The van der Waals surface area contributed by atoms with Gasteiger partial charge in [-0.15, -0.1) is 10.2 Å². The third kappa shape index (κ3) is 4.14. The van der Waals surface area contributed by atoms with Crippen LogP contribution in [0, 0.1) is 0 Å². The molecule has 0 bridgehead atoms. The highest BCUT2D eigenvalue weighted by Crippen LogP contribution is 2.19. The maximum atomic E-state index is 5.73. The third-order valence-electron chi connectivity index (χ3n) is 4.13. The molecule has 0 aliphatic heterocycles. The molecule has 0 saturated heterocycles. The molecule has 3 rings (SSSR count). The molecule has 4 heteroatoms. The second kappa shape index (κ2) is 7.36. The molecular formula is C17H23N3O. The lowest BCUT2D eigenvalue weighted by molar-refractivity contribution is 0.368. The standard InChI is InChI=1S/C17H23N3O/c1-2-7-11-15(12-8-3-1)18-13-16-19-20-17(21-16)14-9-5-4-6-10-14/h4-6,9-10,15,18H,1-3,7-8,11-13H2. The lowest BCUT2D eigenvalue weighted by Gasteiger charge is -2.20. The maximum absolute atomic E-state index is 5.73. The number of nitrogens with one attached hydrogen (secondary N) is 1. The van der Waals surface area contributed by atoms with E-state index in [1.54, 1.807) is 0 Å². The van der Waals surface area contributed by atoms with Crippen molar-refractivity contribution in [3.8, 4) is 11.5 Å². The Morgan fingerprint density at radius 3 is 2.43 bits per heavy atom. The van der Waals surface area contributed by atoms with Gasteiger partial charge in [0.1, 0.15) is 0 Å². The fourth-order valence-electron chi connectivity index (χ4n) is 2.91. The Balaban J connectivity index is 1.54. The highest BCUT2D eigenvalue weighted by atomic mass is 16.4. The molecule has 112 valence electrons. The zero-order valence-electron chi connectivity index (χ0n) is 12.4. The zero-order chi connectivity index (χ0) is 14.3. The van der Waals surface area contributed by atoms with Crippen LogP contribution >= 0.6 is 0 Å². The van der Waals surface area contributed by atoms with Crippen molar-refractivity contribution in [2.24, 2.45) is 0 Å². The molecule has 1 saturated carbocycles. The minimum absolute atomic E-state index is 0.595. The minimum atomic E-state index is 0.595. The summed E-state index contributed by atoms with van der Waals surface area (Å²) in [7, 11) is 0. The van der Waals surface area contributed by atoms with Crippen molar-refractivity contribution in [1.82, 2.24) is 15.5 Å². The Morgan fingerprint density at radius 1 is 0.952 bits per heavy atom. The van der Waals surface area contributed by atoms with Crippen molar-refractivity contribution in [2.45, 2.75) is 57.5 Å². The predicted molar refractivity (Wildman–Crippen MR) is 82.7 cm³/mol. The Morgan fingerprint density at radius 2 is 1.67 bits per heavy atom. The van der Waals surface area contributed by atoms with E-state index in [-0.39, 0.29) is 0 Å². The summed E-state index contributed by atoms with van der Waals surface area (Å²) < 4.78 is 5.73. The summed E-state index contributed by atoms with van der Waals surface area (Å²) in [6, 6.07) is 10.5. The summed E-state index contributed by atoms with van der Waals surface area (Å²) >= 11 is 0. The quantitative estimate of drug-likeness (QED) is 0.924. The summed E-state index contributed by atoms with van der Waals surface area (Å²) in [4.78, 5) is 0. The van der Waals surface area contributed by atoms with E-state index in [1.807, 2.05) is 30.3 Å². The first kappa shape index (κ1) is 14.3. The van der Waals surface area contributed by atoms with E-state index in [0.717, 1.165) is 5.56 Å². The number of nitrogens with zero attached hydrogens (tertiary/aromatic N) is 2. The fraction of sp³-hybridized carbons (Fsp3) is 0.529. The van der Waals surface area contributed by atoms with Gasteiger partial charge in [-0.05, 0) is 25.0 Å². The number of benzene rings is 1. The molecule has 2 aromatic rings. The summed E-state index contributed by atoms with van der Waals surface area (Å²) in [5.74, 6) is 1.28. The van der Waals surface area contributed by atoms with E-state index in [4.69, 9.17) is 4.42 Å². The summed E-state index contributed by atoms with van der Waals surface area (Å²) in [5.41, 5.74) is 0.974. The predicted octanol–water partition coefficient (Wildman–Crippen LogP) is 3.94. The van der Waals surface area contributed by atoms with E-state index in [9.17, 15) is 0 Å². The number of aromatic nitrogens is 2. The molecule has 1 fully saturated rings. The largest absolute Gasteiger partial charge is 0.419 e. The van der Waals surface area contributed by atoms with Gasteiger partial charge in [0.2, 0.25) is 11.8 Å². The van der Waals surface area contributed by atoms with Gasteiger partial charge in [0.15, 0.2) is 0 Å². The van der Waals surface area contributed by atoms with Crippen molar-refractivity contribution in [1.29, 1.82) is 0 Å². The molecule has 0 spiro atoms. The lowest BCUT2D eigenvalue weighted by Crippen LogP contribution is -2.29. The maximum Gasteiger partial charge on any atom is 0.247 e. The average molecular weight is 285 g/mol. The van der Waals surface area contributed by atoms with Gasteiger partial charge < -0.3 is 9.73 Å². The van der Waals surface area contributed by atoms with Crippen LogP contribution in [0.2, 0.25) is 0 Å². The topological polar surface area (TPSA) is 51.0 Å². The van der Waals surface area contributed by atoms with Crippen LogP contribution in [0.25, 0.3) is 11.5 Å². The van der Waals surface area contributed by atoms with Crippen molar-refractivity contribution in [3.63, 3.8) is 0 Å². The fourth-order valence-corrected chi connectivity index (χ4v) is 2.91. The van der Waals surface area contributed by atoms with Crippen molar-refractivity contribution < 1.29 is 4.42 Å². The molecule has 1 aromatic heterocycles. The zero-order valence-corrected chi connectivity index (χ0v) is 12.4. The highest BCUT2D eigenvalue weighted by molar-refractivity contribution is 5.51. The van der Waals surface area contributed by atoms with Gasteiger partial charge >= 0.3 is 0 Å². The molecule has 0 radical (unpaired) electrons. The van der Waals surface area contributed by atoms with Crippen LogP contribution in [0.1, 0.15) is 50.8 Å². The Bertz CT molecular complexity index is 530. The molecule has 21 heavy (non-hydrogen) atoms. The molecule has 0 unspecified atom stereocenters. The van der Waals surface area contributed by atoms with Crippen molar-refractivity contribution >= 4 is 0 Å². The van der Waals surface area contributed by atoms with Crippen molar-refractivity contribution in [2.75, 3.05) is 0 Å². The number of hydrogen-bond acceptors (Lipinski definition) is 4. The van der Waals surface area contributed by atoms with Crippen LogP contribution in [0.3, 0.4) is 0 Å². The molecule has 1 aliphatic carbocycles. The van der Waals surface area contributed by atoms with Crippen LogP contribution in [0.5, 0.6) is 0 Å². The lowest BCUT2D eigenvalue weighted by atomic mass is 9.97. The smallest absolute Gasteiger partial charge is 0.247 e. The molecule has 0 amide bonds. The third-order valence-corrected chi connectivity index (χ3v) is 4.13. The molecule has 1 N–H and O–H groups in total. The highest BCUT2D eigenvalue weighted by Gasteiger charge is 2.13. The Labute approximate surface area is 126 Å². The summed E-state index contributed by atoms with van der Waals surface area (Å²) in [6.07, 6.45) is 9.33. The first-order valence-corrected chi connectivity index (χ1v) is 8.03. The summed E-state index contributed by atoms with van der Waals surface area (Å²) in [6.45, 7) is 0.671. The van der Waals surface area contributed by atoms with Crippen molar-refractivity contribution in [3.05, 3.63) is 36.2 Å². The SMILES string of the molecule is c1ccc(-c2nnc(CNC3CCCCCCC3)o2)cc1. The molecule has 0 atom stereocenters. The van der Waals surface area contributed by atoms with Gasteiger partial charge in [0.05, 0.1) is 6.54 Å². The average Bonchev–Trinajstić information content (AvgIpc) is 2.96. The molecular weight excluding hydrogens is 262 g/mol. The first-order valence-electron chi connectivity index (χ1n) is 8.03. The monoisotopic (exact) mass is 285 g/mol. The van der Waals surface area contributed by atoms with E-state index in [2.05, 4.69) is 15.5 Å².